The molecule has 0 radical (unpaired) electrons. The van der Waals surface area contributed by atoms with E-state index in [9.17, 15) is 18.0 Å². The quantitative estimate of drug-likeness (QED) is 0.523. The van der Waals surface area contributed by atoms with Gasteiger partial charge >= 0.3 is 12.2 Å². The summed E-state index contributed by atoms with van der Waals surface area (Å²) in [4.78, 5) is 23.9. The summed E-state index contributed by atoms with van der Waals surface area (Å²) in [6.45, 7) is 4.61. The first-order valence-electron chi connectivity index (χ1n) is 10.7. The number of alkyl halides is 3. The van der Waals surface area contributed by atoms with Gasteiger partial charge in [0, 0.05) is 43.3 Å². The first kappa shape index (κ1) is 24.0. The van der Waals surface area contributed by atoms with Crippen LogP contribution in [-0.2, 0) is 23.9 Å². The van der Waals surface area contributed by atoms with E-state index in [-0.39, 0.29) is 6.10 Å². The van der Waals surface area contributed by atoms with Crippen molar-refractivity contribution in [2.45, 2.75) is 32.2 Å². The molecule has 1 aliphatic rings. The molecule has 2 amide bonds. The lowest BCUT2D eigenvalue weighted by molar-refractivity contribution is -0.137. The second-order valence-electron chi connectivity index (χ2n) is 7.96. The van der Waals surface area contributed by atoms with Crippen molar-refractivity contribution in [3.63, 3.8) is 0 Å². The highest BCUT2D eigenvalue weighted by atomic mass is 32.1. The van der Waals surface area contributed by atoms with Gasteiger partial charge in [-0.3, -0.25) is 5.32 Å². The molecule has 0 bridgehead atoms. The Morgan fingerprint density at radius 2 is 1.91 bits per heavy atom. The fourth-order valence-electron chi connectivity index (χ4n) is 3.52. The number of carbonyl (C=O) groups excluding carboxylic acids is 1. The van der Waals surface area contributed by atoms with Crippen molar-refractivity contribution in [2.24, 2.45) is 0 Å². The van der Waals surface area contributed by atoms with Gasteiger partial charge in [0.1, 0.15) is 5.82 Å². The summed E-state index contributed by atoms with van der Waals surface area (Å²) >= 11 is 1.27. The molecule has 1 aliphatic heterocycles. The average molecular weight is 492 g/mol. The van der Waals surface area contributed by atoms with Crippen LogP contribution in [0.4, 0.5) is 28.9 Å². The van der Waals surface area contributed by atoms with Gasteiger partial charge in [0.2, 0.25) is 0 Å². The van der Waals surface area contributed by atoms with Gasteiger partial charge in [-0.05, 0) is 36.2 Å². The van der Waals surface area contributed by atoms with Crippen LogP contribution in [0.15, 0.2) is 48.8 Å². The number of thiazole rings is 1. The monoisotopic (exact) mass is 491 g/mol. The van der Waals surface area contributed by atoms with Gasteiger partial charge in [-0.25, -0.2) is 14.8 Å². The fourth-order valence-corrected chi connectivity index (χ4v) is 4.36. The van der Waals surface area contributed by atoms with E-state index in [1.807, 2.05) is 19.1 Å². The minimum absolute atomic E-state index is 0.168. The summed E-state index contributed by atoms with van der Waals surface area (Å²) in [6.07, 6.45) is -0.414. The number of rotatable bonds is 6. The molecule has 1 unspecified atom stereocenters. The van der Waals surface area contributed by atoms with Gasteiger partial charge in [-0.2, -0.15) is 13.2 Å². The Morgan fingerprint density at radius 1 is 1.15 bits per heavy atom. The summed E-state index contributed by atoms with van der Waals surface area (Å²) in [5.41, 5.74) is 0.914. The van der Waals surface area contributed by atoms with Crippen LogP contribution in [0, 0.1) is 0 Å². The van der Waals surface area contributed by atoms with Crippen molar-refractivity contribution in [2.75, 3.05) is 29.9 Å². The number of nitrogens with zero attached hydrogens (tertiary/aromatic N) is 3. The van der Waals surface area contributed by atoms with Crippen LogP contribution in [0.5, 0.6) is 0 Å². The summed E-state index contributed by atoms with van der Waals surface area (Å²) < 4.78 is 43.6. The summed E-state index contributed by atoms with van der Waals surface area (Å²) in [6, 6.07) is 8.47. The molecule has 2 N–H and O–H groups in total. The number of hydrogen-bond acceptors (Lipinski definition) is 6. The molecule has 3 aromatic rings. The molecule has 2 aromatic heterocycles. The molecule has 1 atom stereocenters. The molecule has 0 saturated carbocycles. The van der Waals surface area contributed by atoms with E-state index in [1.165, 1.54) is 23.5 Å². The van der Waals surface area contributed by atoms with Crippen molar-refractivity contribution < 1.29 is 22.7 Å². The average Bonchev–Trinajstić information content (AvgIpc) is 3.24. The van der Waals surface area contributed by atoms with E-state index in [0.717, 1.165) is 47.0 Å². The molecule has 0 aliphatic carbocycles. The standard InChI is InChI=1S/C23H24F3N5O2S/c1-15-14-31(8-9-33-15)20-7-4-17(11-27-20)12-28-21(32)30-22-29-13-19(34-22)10-16-2-5-18(6-3-16)23(24,25)26/h2-7,11,13,15H,8-10,12,14H2,1H3,(H2,28,29,30,32). The van der Waals surface area contributed by atoms with Crippen LogP contribution in [0.3, 0.4) is 0 Å². The van der Waals surface area contributed by atoms with E-state index in [1.54, 1.807) is 12.4 Å². The third kappa shape index (κ3) is 6.45. The van der Waals surface area contributed by atoms with Crippen molar-refractivity contribution >= 4 is 28.3 Å². The number of aromatic nitrogens is 2. The second kappa shape index (κ2) is 10.4. The van der Waals surface area contributed by atoms with Gasteiger partial charge in [0.25, 0.3) is 0 Å². The zero-order chi connectivity index (χ0) is 24.1. The van der Waals surface area contributed by atoms with E-state index in [2.05, 4.69) is 25.5 Å². The van der Waals surface area contributed by atoms with Gasteiger partial charge in [-0.15, -0.1) is 11.3 Å². The van der Waals surface area contributed by atoms with E-state index in [0.29, 0.717) is 24.7 Å². The molecule has 34 heavy (non-hydrogen) atoms. The van der Waals surface area contributed by atoms with Crippen LogP contribution in [0.1, 0.15) is 28.5 Å². The number of halogens is 3. The number of pyridine rings is 1. The number of urea groups is 1. The summed E-state index contributed by atoms with van der Waals surface area (Å²) in [5.74, 6) is 0.881. The molecular weight excluding hydrogens is 467 g/mol. The Kier molecular flexibility index (Phi) is 7.32. The molecular formula is C23H24F3N5O2S. The number of benzene rings is 1. The van der Waals surface area contributed by atoms with Crippen LogP contribution in [0.2, 0.25) is 0 Å². The van der Waals surface area contributed by atoms with Crippen molar-refractivity contribution in [1.29, 1.82) is 0 Å². The van der Waals surface area contributed by atoms with Crippen LogP contribution in [-0.4, -0.2) is 41.8 Å². The highest BCUT2D eigenvalue weighted by Crippen LogP contribution is 2.30. The molecule has 0 spiro atoms. The zero-order valence-corrected chi connectivity index (χ0v) is 19.2. The minimum atomic E-state index is -4.35. The molecule has 1 fully saturated rings. The van der Waals surface area contributed by atoms with Crippen LogP contribution >= 0.6 is 11.3 Å². The molecule has 180 valence electrons. The molecule has 3 heterocycles. The molecule has 7 nitrogen and oxygen atoms in total. The predicted octanol–water partition coefficient (Wildman–Crippen LogP) is 4.69. The number of hydrogen-bond donors (Lipinski definition) is 2. The zero-order valence-electron chi connectivity index (χ0n) is 18.4. The Balaban J connectivity index is 1.24. The van der Waals surface area contributed by atoms with Gasteiger partial charge in [0.05, 0.1) is 18.3 Å². The Hall–Kier alpha value is -3.18. The summed E-state index contributed by atoms with van der Waals surface area (Å²) in [5, 5.41) is 5.86. The number of morpholine rings is 1. The Morgan fingerprint density at radius 3 is 2.59 bits per heavy atom. The van der Waals surface area contributed by atoms with E-state index >= 15 is 0 Å². The smallest absolute Gasteiger partial charge is 0.375 e. The summed E-state index contributed by atoms with van der Waals surface area (Å²) in [7, 11) is 0. The SMILES string of the molecule is CC1CN(c2ccc(CNC(=O)Nc3ncc(Cc4ccc(C(F)(F)F)cc4)s3)cn2)CCO1. The van der Waals surface area contributed by atoms with Crippen LogP contribution in [0.25, 0.3) is 0 Å². The van der Waals surface area contributed by atoms with Gasteiger partial charge in [0.15, 0.2) is 5.13 Å². The lowest BCUT2D eigenvalue weighted by atomic mass is 10.1. The molecule has 4 rings (SSSR count). The van der Waals surface area contributed by atoms with Crippen molar-refractivity contribution in [3.8, 4) is 0 Å². The maximum atomic E-state index is 12.7. The number of carbonyl (C=O) groups is 1. The molecule has 1 aromatic carbocycles. The molecule has 11 heteroatoms. The highest BCUT2D eigenvalue weighted by Gasteiger charge is 2.29. The topological polar surface area (TPSA) is 79.4 Å². The third-order valence-corrected chi connectivity index (χ3v) is 6.17. The van der Waals surface area contributed by atoms with E-state index in [4.69, 9.17) is 4.74 Å². The highest BCUT2D eigenvalue weighted by molar-refractivity contribution is 7.15. The number of nitrogens with one attached hydrogen (secondary N) is 2. The number of amides is 2. The third-order valence-electron chi connectivity index (χ3n) is 5.26. The molecule has 1 saturated heterocycles. The van der Waals surface area contributed by atoms with Crippen molar-refractivity contribution in [1.82, 2.24) is 15.3 Å². The first-order valence-corrected chi connectivity index (χ1v) is 11.5. The largest absolute Gasteiger partial charge is 0.416 e. The maximum absolute atomic E-state index is 12.7. The van der Waals surface area contributed by atoms with Gasteiger partial charge in [-0.1, -0.05) is 18.2 Å². The number of ether oxygens (including phenoxy) is 1. The van der Waals surface area contributed by atoms with Gasteiger partial charge < -0.3 is 15.0 Å². The van der Waals surface area contributed by atoms with Crippen LogP contribution < -0.4 is 15.5 Å². The van der Waals surface area contributed by atoms with E-state index < -0.39 is 17.8 Å². The lowest BCUT2D eigenvalue weighted by Crippen LogP contribution is -2.41. The number of anilines is 2. The lowest BCUT2D eigenvalue weighted by Gasteiger charge is -2.32. The Labute approximate surface area is 199 Å². The normalized spacial score (nSPS) is 16.4. The first-order chi connectivity index (χ1) is 16.3. The van der Waals surface area contributed by atoms with Crippen molar-refractivity contribution in [3.05, 3.63) is 70.4 Å². The Bertz CT molecular complexity index is 1100. The predicted molar refractivity (Wildman–Crippen MR) is 124 cm³/mol. The minimum Gasteiger partial charge on any atom is -0.375 e. The second-order valence-corrected chi connectivity index (χ2v) is 9.08. The maximum Gasteiger partial charge on any atom is 0.416 e. The fraction of sp³-hybridized carbons (Fsp3) is 0.348.